The fraction of sp³-hybridized carbons (Fsp3) is 0.500. The fourth-order valence-corrected chi connectivity index (χ4v) is 2.48. The van der Waals surface area contributed by atoms with Crippen LogP contribution in [0.4, 0.5) is 5.69 Å². The minimum atomic E-state index is -0.0892. The van der Waals surface area contributed by atoms with Crippen LogP contribution in [0.3, 0.4) is 0 Å². The van der Waals surface area contributed by atoms with Crippen molar-refractivity contribution in [2.24, 2.45) is 5.92 Å². The molecule has 1 aliphatic carbocycles. The van der Waals surface area contributed by atoms with Crippen molar-refractivity contribution in [3.8, 4) is 0 Å². The first-order chi connectivity index (χ1) is 9.56. The van der Waals surface area contributed by atoms with E-state index in [9.17, 15) is 9.59 Å². The van der Waals surface area contributed by atoms with Crippen LogP contribution < -0.4 is 10.6 Å². The van der Waals surface area contributed by atoms with E-state index in [0.717, 1.165) is 31.4 Å². The molecule has 0 saturated heterocycles. The van der Waals surface area contributed by atoms with Gasteiger partial charge < -0.3 is 10.6 Å². The van der Waals surface area contributed by atoms with Crippen molar-refractivity contribution in [2.75, 3.05) is 5.32 Å². The molecule has 0 aliphatic heterocycles. The van der Waals surface area contributed by atoms with E-state index in [0.29, 0.717) is 5.56 Å². The molecule has 108 valence electrons. The zero-order chi connectivity index (χ0) is 14.5. The van der Waals surface area contributed by atoms with E-state index >= 15 is 0 Å². The fourth-order valence-electron chi connectivity index (χ4n) is 2.48. The number of anilines is 1. The molecule has 1 aliphatic rings. The first-order valence-electron chi connectivity index (χ1n) is 7.28. The summed E-state index contributed by atoms with van der Waals surface area (Å²) < 4.78 is 0. The molecule has 1 saturated carbocycles. The lowest BCUT2D eigenvalue weighted by atomic mass is 10.1. The van der Waals surface area contributed by atoms with Crippen molar-refractivity contribution >= 4 is 17.5 Å². The van der Waals surface area contributed by atoms with E-state index in [1.165, 1.54) is 0 Å². The highest BCUT2D eigenvalue weighted by molar-refractivity contribution is 5.96. The SMILES string of the molecule is CC(C)NC(=O)c1ccc(NC(=O)C2CCCC2)cc1. The molecule has 2 amide bonds. The molecular weight excluding hydrogens is 252 g/mol. The van der Waals surface area contributed by atoms with E-state index in [1.807, 2.05) is 13.8 Å². The first kappa shape index (κ1) is 14.6. The molecule has 0 spiro atoms. The summed E-state index contributed by atoms with van der Waals surface area (Å²) in [4.78, 5) is 23.8. The number of carbonyl (C=O) groups excluding carboxylic acids is 2. The average molecular weight is 274 g/mol. The van der Waals surface area contributed by atoms with Gasteiger partial charge in [0, 0.05) is 23.2 Å². The maximum atomic E-state index is 12.0. The summed E-state index contributed by atoms with van der Waals surface area (Å²) in [7, 11) is 0. The highest BCUT2D eigenvalue weighted by Gasteiger charge is 2.22. The van der Waals surface area contributed by atoms with E-state index < -0.39 is 0 Å². The predicted molar refractivity (Wildman–Crippen MR) is 79.6 cm³/mol. The summed E-state index contributed by atoms with van der Waals surface area (Å²) in [6, 6.07) is 7.15. The van der Waals surface area contributed by atoms with Crippen molar-refractivity contribution in [3.63, 3.8) is 0 Å². The smallest absolute Gasteiger partial charge is 0.251 e. The molecule has 1 aromatic rings. The van der Waals surface area contributed by atoms with Gasteiger partial charge in [-0.2, -0.15) is 0 Å². The molecule has 4 nitrogen and oxygen atoms in total. The van der Waals surface area contributed by atoms with Gasteiger partial charge in [0.15, 0.2) is 0 Å². The van der Waals surface area contributed by atoms with Gasteiger partial charge in [-0.1, -0.05) is 12.8 Å². The van der Waals surface area contributed by atoms with Gasteiger partial charge in [0.2, 0.25) is 5.91 Å². The molecule has 1 fully saturated rings. The lowest BCUT2D eigenvalue weighted by Crippen LogP contribution is -2.30. The van der Waals surface area contributed by atoms with Crippen LogP contribution in [0.5, 0.6) is 0 Å². The Bertz CT molecular complexity index is 474. The highest BCUT2D eigenvalue weighted by atomic mass is 16.2. The molecule has 2 rings (SSSR count). The van der Waals surface area contributed by atoms with Crippen molar-refractivity contribution in [2.45, 2.75) is 45.6 Å². The summed E-state index contributed by atoms with van der Waals surface area (Å²) in [6.07, 6.45) is 4.26. The number of rotatable bonds is 4. The second-order valence-corrected chi connectivity index (χ2v) is 5.68. The molecule has 20 heavy (non-hydrogen) atoms. The Hall–Kier alpha value is -1.84. The van der Waals surface area contributed by atoms with E-state index in [2.05, 4.69) is 10.6 Å². The average Bonchev–Trinajstić information content (AvgIpc) is 2.92. The Balaban J connectivity index is 1.94. The van der Waals surface area contributed by atoms with E-state index in [-0.39, 0.29) is 23.8 Å². The van der Waals surface area contributed by atoms with Crippen LogP contribution >= 0.6 is 0 Å². The van der Waals surface area contributed by atoms with Gasteiger partial charge >= 0.3 is 0 Å². The number of hydrogen-bond donors (Lipinski definition) is 2. The number of carbonyl (C=O) groups is 2. The topological polar surface area (TPSA) is 58.2 Å². The van der Waals surface area contributed by atoms with Gasteiger partial charge in [0.1, 0.15) is 0 Å². The maximum Gasteiger partial charge on any atom is 0.251 e. The van der Waals surface area contributed by atoms with Crippen LogP contribution in [0.15, 0.2) is 24.3 Å². The normalized spacial score (nSPS) is 15.3. The van der Waals surface area contributed by atoms with E-state index in [1.54, 1.807) is 24.3 Å². The van der Waals surface area contributed by atoms with Crippen LogP contribution in [0, 0.1) is 5.92 Å². The third-order valence-electron chi connectivity index (χ3n) is 3.56. The number of hydrogen-bond acceptors (Lipinski definition) is 2. The van der Waals surface area contributed by atoms with Gasteiger partial charge in [-0.15, -0.1) is 0 Å². The summed E-state index contributed by atoms with van der Waals surface area (Å²) in [6.45, 7) is 3.85. The minimum Gasteiger partial charge on any atom is -0.350 e. The van der Waals surface area contributed by atoms with Crippen LogP contribution in [-0.2, 0) is 4.79 Å². The zero-order valence-electron chi connectivity index (χ0n) is 12.1. The molecule has 0 bridgehead atoms. The van der Waals surface area contributed by atoms with E-state index in [4.69, 9.17) is 0 Å². The Labute approximate surface area is 119 Å². The van der Waals surface area contributed by atoms with Gasteiger partial charge in [0.25, 0.3) is 5.91 Å². The first-order valence-corrected chi connectivity index (χ1v) is 7.28. The van der Waals surface area contributed by atoms with Gasteiger partial charge in [0.05, 0.1) is 0 Å². The van der Waals surface area contributed by atoms with Crippen molar-refractivity contribution in [1.29, 1.82) is 0 Å². The predicted octanol–water partition coefficient (Wildman–Crippen LogP) is 2.95. The minimum absolute atomic E-state index is 0.0892. The second kappa shape index (κ2) is 6.55. The maximum absolute atomic E-state index is 12.0. The molecule has 2 N–H and O–H groups in total. The summed E-state index contributed by atoms with van der Waals surface area (Å²) in [5, 5.41) is 5.76. The Morgan fingerprint density at radius 3 is 2.25 bits per heavy atom. The zero-order valence-corrected chi connectivity index (χ0v) is 12.1. The summed E-state index contributed by atoms with van der Waals surface area (Å²) in [5.74, 6) is 0.162. The Morgan fingerprint density at radius 2 is 1.70 bits per heavy atom. The number of amides is 2. The largest absolute Gasteiger partial charge is 0.350 e. The highest BCUT2D eigenvalue weighted by Crippen LogP contribution is 2.26. The van der Waals surface area contributed by atoms with Crippen LogP contribution in [0.25, 0.3) is 0 Å². The summed E-state index contributed by atoms with van der Waals surface area (Å²) in [5.41, 5.74) is 1.36. The lowest BCUT2D eigenvalue weighted by molar-refractivity contribution is -0.119. The molecular formula is C16H22N2O2. The van der Waals surface area contributed by atoms with Crippen LogP contribution in [0.1, 0.15) is 49.9 Å². The summed E-state index contributed by atoms with van der Waals surface area (Å²) >= 11 is 0. The van der Waals surface area contributed by atoms with Crippen molar-refractivity contribution < 1.29 is 9.59 Å². The molecule has 0 heterocycles. The standard InChI is InChI=1S/C16H22N2O2/c1-11(2)17-15(19)13-7-9-14(10-8-13)18-16(20)12-5-3-4-6-12/h7-12H,3-6H2,1-2H3,(H,17,19)(H,18,20). The second-order valence-electron chi connectivity index (χ2n) is 5.68. The van der Waals surface area contributed by atoms with Crippen LogP contribution in [-0.4, -0.2) is 17.9 Å². The molecule has 0 unspecified atom stereocenters. The van der Waals surface area contributed by atoms with Crippen molar-refractivity contribution in [1.82, 2.24) is 5.32 Å². The van der Waals surface area contributed by atoms with Crippen LogP contribution in [0.2, 0.25) is 0 Å². The number of nitrogens with one attached hydrogen (secondary N) is 2. The third kappa shape index (κ3) is 3.83. The molecule has 0 atom stereocenters. The number of benzene rings is 1. The molecule has 1 aromatic carbocycles. The van der Waals surface area contributed by atoms with Crippen molar-refractivity contribution in [3.05, 3.63) is 29.8 Å². The molecule has 0 radical (unpaired) electrons. The quantitative estimate of drug-likeness (QED) is 0.887. The molecule has 4 heteroatoms. The monoisotopic (exact) mass is 274 g/mol. The Morgan fingerprint density at radius 1 is 1.10 bits per heavy atom. The van der Waals surface area contributed by atoms with Gasteiger partial charge in [-0.3, -0.25) is 9.59 Å². The van der Waals surface area contributed by atoms with Gasteiger partial charge in [-0.05, 0) is 51.0 Å². The molecule has 0 aromatic heterocycles. The van der Waals surface area contributed by atoms with Gasteiger partial charge in [-0.25, -0.2) is 0 Å². The third-order valence-corrected chi connectivity index (χ3v) is 3.56. The Kier molecular flexibility index (Phi) is 4.77. The lowest BCUT2D eigenvalue weighted by Gasteiger charge is -2.11.